The van der Waals surface area contributed by atoms with Gasteiger partial charge in [-0.2, -0.15) is 0 Å². The van der Waals surface area contributed by atoms with Crippen molar-refractivity contribution in [2.24, 2.45) is 4.99 Å². The summed E-state index contributed by atoms with van der Waals surface area (Å²) in [4.78, 5) is 18.4. The summed E-state index contributed by atoms with van der Waals surface area (Å²) >= 11 is 1.60. The van der Waals surface area contributed by atoms with Gasteiger partial charge >= 0.3 is 0 Å². The molecule has 58 valence electrons. The van der Waals surface area contributed by atoms with Crippen LogP contribution in [0.3, 0.4) is 0 Å². The van der Waals surface area contributed by atoms with Crippen LogP contribution in [0.4, 0.5) is 0 Å². The molecule has 1 aromatic heterocycles. The third-order valence-corrected chi connectivity index (χ3v) is 2.35. The highest BCUT2D eigenvalue weighted by Gasteiger charge is 1.98. The Bertz CT molecular complexity index is 276. The fourth-order valence-corrected chi connectivity index (χ4v) is 1.54. The maximum Gasteiger partial charge on any atom is 0.234 e. The number of nitrogens with zero attached hydrogens (tertiary/aromatic N) is 2. The maximum atomic E-state index is 9.71. The minimum absolute atomic E-state index is 0.520. The first-order chi connectivity index (χ1) is 5.34. The lowest BCUT2D eigenvalue weighted by molar-refractivity contribution is 0.563. The van der Waals surface area contributed by atoms with Crippen LogP contribution < -0.4 is 0 Å². The van der Waals surface area contributed by atoms with Gasteiger partial charge in [0.15, 0.2) is 0 Å². The van der Waals surface area contributed by atoms with Crippen molar-refractivity contribution in [1.82, 2.24) is 4.98 Å². The lowest BCUT2D eigenvalue weighted by Crippen LogP contribution is -1.87. The predicted molar refractivity (Wildman–Crippen MR) is 43.5 cm³/mol. The lowest BCUT2D eigenvalue weighted by atomic mass is 10.3. The third-order valence-electron chi connectivity index (χ3n) is 1.36. The van der Waals surface area contributed by atoms with Gasteiger partial charge in [0.1, 0.15) is 0 Å². The van der Waals surface area contributed by atoms with Crippen LogP contribution in [0.15, 0.2) is 10.5 Å². The average Bonchev–Trinajstić information content (AvgIpc) is 2.37. The monoisotopic (exact) mass is 168 g/mol. The minimum atomic E-state index is 0.520. The molecule has 0 fully saturated rings. The summed E-state index contributed by atoms with van der Waals surface area (Å²) in [6.45, 7) is 2.48. The molecule has 0 aliphatic heterocycles. The molecule has 0 atom stereocenters. The molecule has 0 bridgehead atoms. The Kier molecular flexibility index (Phi) is 2.95. The maximum absolute atomic E-state index is 9.71. The lowest BCUT2D eigenvalue weighted by Gasteiger charge is -1.90. The van der Waals surface area contributed by atoms with Crippen molar-refractivity contribution >= 4 is 17.4 Å². The Morgan fingerprint density at radius 2 is 2.64 bits per heavy atom. The molecule has 1 heterocycles. The largest absolute Gasteiger partial charge is 0.250 e. The van der Waals surface area contributed by atoms with Crippen LogP contribution in [0.2, 0.25) is 0 Å². The molecule has 0 aromatic carbocycles. The van der Waals surface area contributed by atoms with E-state index in [-0.39, 0.29) is 0 Å². The molecule has 0 spiro atoms. The van der Waals surface area contributed by atoms with Gasteiger partial charge in [-0.3, -0.25) is 0 Å². The fourth-order valence-electron chi connectivity index (χ4n) is 0.769. The number of hydrogen-bond donors (Lipinski definition) is 0. The first-order valence-corrected chi connectivity index (χ1v) is 4.15. The quantitative estimate of drug-likeness (QED) is 0.504. The summed E-state index contributed by atoms with van der Waals surface area (Å²) in [7, 11) is 0. The first kappa shape index (κ1) is 8.11. The number of thiazole rings is 1. The molecule has 11 heavy (non-hydrogen) atoms. The second-order valence-corrected chi connectivity index (χ2v) is 3.02. The molecule has 0 saturated heterocycles. The van der Waals surface area contributed by atoms with Crippen LogP contribution in [-0.4, -0.2) is 17.6 Å². The van der Waals surface area contributed by atoms with E-state index in [1.807, 2.05) is 6.92 Å². The van der Waals surface area contributed by atoms with Gasteiger partial charge in [-0.25, -0.2) is 14.8 Å². The van der Waals surface area contributed by atoms with Gasteiger partial charge < -0.3 is 0 Å². The van der Waals surface area contributed by atoms with Gasteiger partial charge in [0, 0.05) is 11.3 Å². The molecule has 0 aliphatic carbocycles. The summed E-state index contributed by atoms with van der Waals surface area (Å²) < 4.78 is 0. The Hall–Kier alpha value is -0.990. The van der Waals surface area contributed by atoms with E-state index < -0.39 is 0 Å². The second-order valence-electron chi connectivity index (χ2n) is 2.08. The van der Waals surface area contributed by atoms with E-state index in [4.69, 9.17) is 0 Å². The van der Waals surface area contributed by atoms with Crippen molar-refractivity contribution in [3.8, 4) is 0 Å². The van der Waals surface area contributed by atoms with Gasteiger partial charge in [-0.05, 0) is 6.92 Å². The van der Waals surface area contributed by atoms with Crippen molar-refractivity contribution in [3.05, 3.63) is 16.1 Å². The van der Waals surface area contributed by atoms with Gasteiger partial charge in [0.2, 0.25) is 6.08 Å². The van der Waals surface area contributed by atoms with E-state index in [9.17, 15) is 4.79 Å². The van der Waals surface area contributed by atoms with Crippen LogP contribution in [-0.2, 0) is 11.2 Å². The summed E-state index contributed by atoms with van der Waals surface area (Å²) in [5, 5.41) is 0. The van der Waals surface area contributed by atoms with Crippen LogP contribution in [0, 0.1) is 6.92 Å². The molecule has 0 unspecified atom stereocenters. The Morgan fingerprint density at radius 3 is 3.18 bits per heavy atom. The summed E-state index contributed by atoms with van der Waals surface area (Å²) in [6, 6.07) is 0. The number of aliphatic imine (C=N–C) groups is 1. The number of rotatable bonds is 3. The molecular weight excluding hydrogens is 160 g/mol. The van der Waals surface area contributed by atoms with E-state index in [1.54, 1.807) is 16.8 Å². The van der Waals surface area contributed by atoms with E-state index in [2.05, 4.69) is 9.98 Å². The van der Waals surface area contributed by atoms with Crippen molar-refractivity contribution in [2.75, 3.05) is 6.54 Å². The highest BCUT2D eigenvalue weighted by Crippen LogP contribution is 2.12. The van der Waals surface area contributed by atoms with Crippen LogP contribution in [0.5, 0.6) is 0 Å². The molecule has 0 N–H and O–H groups in total. The number of carbonyl (C=O) groups excluding carboxylic acids is 1. The Balaban J connectivity index is 2.50. The van der Waals surface area contributed by atoms with E-state index >= 15 is 0 Å². The Morgan fingerprint density at radius 1 is 1.82 bits per heavy atom. The van der Waals surface area contributed by atoms with Crippen molar-refractivity contribution in [3.63, 3.8) is 0 Å². The zero-order chi connectivity index (χ0) is 8.10. The van der Waals surface area contributed by atoms with Gasteiger partial charge in [-0.1, -0.05) is 0 Å². The van der Waals surface area contributed by atoms with Crippen LogP contribution in [0.25, 0.3) is 0 Å². The smallest absolute Gasteiger partial charge is 0.234 e. The molecule has 0 saturated carbocycles. The molecule has 1 aromatic rings. The molecule has 4 heteroatoms. The number of isocyanates is 1. The molecule has 0 amide bonds. The van der Waals surface area contributed by atoms with E-state index in [1.165, 1.54) is 11.0 Å². The predicted octanol–water partition coefficient (Wildman–Crippen LogP) is 1.33. The zero-order valence-corrected chi connectivity index (χ0v) is 7.02. The standard InChI is InChI=1S/C7H8N2OS/c1-6-7(11-5-9-6)2-3-8-4-10/h5H,2-3H2,1H3. The van der Waals surface area contributed by atoms with Gasteiger partial charge in [0.25, 0.3) is 0 Å². The average molecular weight is 168 g/mol. The molecular formula is C7H8N2OS. The zero-order valence-electron chi connectivity index (χ0n) is 6.20. The van der Waals surface area contributed by atoms with Crippen LogP contribution in [0.1, 0.15) is 10.6 Å². The molecule has 1 rings (SSSR count). The number of aryl methyl sites for hydroxylation is 1. The third kappa shape index (κ3) is 2.26. The van der Waals surface area contributed by atoms with Crippen LogP contribution >= 0.6 is 11.3 Å². The molecule has 0 aliphatic rings. The summed E-state index contributed by atoms with van der Waals surface area (Å²) in [6.07, 6.45) is 2.31. The first-order valence-electron chi connectivity index (χ1n) is 3.27. The number of hydrogen-bond acceptors (Lipinski definition) is 4. The highest BCUT2D eigenvalue weighted by atomic mass is 32.1. The Labute approximate surface area is 68.8 Å². The van der Waals surface area contributed by atoms with Crippen molar-refractivity contribution in [1.29, 1.82) is 0 Å². The van der Waals surface area contributed by atoms with Crippen molar-refractivity contribution in [2.45, 2.75) is 13.3 Å². The van der Waals surface area contributed by atoms with E-state index in [0.29, 0.717) is 6.54 Å². The molecule has 0 radical (unpaired) electrons. The van der Waals surface area contributed by atoms with E-state index in [0.717, 1.165) is 12.1 Å². The normalized spacial score (nSPS) is 9.18. The molecule has 3 nitrogen and oxygen atoms in total. The second kappa shape index (κ2) is 4.01. The minimum Gasteiger partial charge on any atom is -0.250 e. The van der Waals surface area contributed by atoms with Crippen molar-refractivity contribution < 1.29 is 4.79 Å². The summed E-state index contributed by atoms with van der Waals surface area (Å²) in [5.41, 5.74) is 2.84. The highest BCUT2D eigenvalue weighted by molar-refractivity contribution is 7.09. The summed E-state index contributed by atoms with van der Waals surface area (Å²) in [5.74, 6) is 0. The fraction of sp³-hybridized carbons (Fsp3) is 0.429. The topological polar surface area (TPSA) is 42.3 Å². The van der Waals surface area contributed by atoms with Gasteiger partial charge in [-0.15, -0.1) is 11.3 Å². The number of aromatic nitrogens is 1. The SMILES string of the molecule is Cc1ncsc1CCN=C=O. The van der Waals surface area contributed by atoms with Gasteiger partial charge in [0.05, 0.1) is 17.7 Å².